The van der Waals surface area contributed by atoms with Crippen molar-refractivity contribution in [2.75, 3.05) is 12.4 Å². The summed E-state index contributed by atoms with van der Waals surface area (Å²) in [7, 11) is 1.60. The predicted octanol–water partition coefficient (Wildman–Crippen LogP) is 4.11. The molecule has 0 radical (unpaired) electrons. The Morgan fingerprint density at radius 1 is 1.07 bits per heavy atom. The number of benzene rings is 2. The summed E-state index contributed by atoms with van der Waals surface area (Å²) < 4.78 is 5.43. The lowest BCUT2D eigenvalue weighted by atomic mass is 10.1. The number of nitrogens with zero attached hydrogens (tertiary/aromatic N) is 2. The van der Waals surface area contributed by atoms with Gasteiger partial charge in [0.15, 0.2) is 0 Å². The Labute approximate surface area is 170 Å². The fourth-order valence-corrected chi connectivity index (χ4v) is 2.70. The van der Waals surface area contributed by atoms with E-state index in [0.717, 1.165) is 22.4 Å². The Hall–Kier alpha value is -3.67. The summed E-state index contributed by atoms with van der Waals surface area (Å²) >= 11 is 0. The Kier molecular flexibility index (Phi) is 6.58. The van der Waals surface area contributed by atoms with Gasteiger partial charge in [-0.3, -0.25) is 15.1 Å². The Bertz CT molecular complexity index is 999. The number of rotatable bonds is 5. The van der Waals surface area contributed by atoms with Gasteiger partial charge in [0.2, 0.25) is 5.96 Å². The van der Waals surface area contributed by atoms with E-state index in [0.29, 0.717) is 23.8 Å². The van der Waals surface area contributed by atoms with Crippen molar-refractivity contribution in [3.8, 4) is 5.75 Å². The normalized spacial score (nSPS) is 11.1. The summed E-state index contributed by atoms with van der Waals surface area (Å²) in [5.74, 6) is 0.756. The molecule has 0 bridgehead atoms. The predicted molar refractivity (Wildman–Crippen MR) is 115 cm³/mol. The van der Waals surface area contributed by atoms with E-state index < -0.39 is 0 Å². The number of carbonyl (C=O) groups is 1. The van der Waals surface area contributed by atoms with Crippen molar-refractivity contribution < 1.29 is 9.53 Å². The number of anilines is 1. The molecule has 0 saturated heterocycles. The number of methoxy groups -OCH3 is 1. The highest BCUT2D eigenvalue weighted by Crippen LogP contribution is 2.25. The average molecular weight is 388 g/mol. The topological polar surface area (TPSA) is 75.6 Å². The zero-order valence-electron chi connectivity index (χ0n) is 16.8. The molecule has 6 nitrogen and oxygen atoms in total. The number of hydrogen-bond donors (Lipinski definition) is 2. The standard InChI is InChI=1S/C23H24N4O2/c1-16-6-9-19(10-7-16)22(28)27-23(25-15-18-5-4-12-24-14-18)26-20-13-17(2)8-11-21(20)29-3/h4-14H,15H2,1-3H3,(H2,25,26,27,28). The number of amides is 1. The van der Waals surface area contributed by atoms with Crippen molar-refractivity contribution in [2.45, 2.75) is 20.4 Å². The third kappa shape index (κ3) is 5.65. The summed E-state index contributed by atoms with van der Waals surface area (Å²) in [6.45, 7) is 4.34. The molecule has 0 unspecified atom stereocenters. The molecule has 0 saturated carbocycles. The van der Waals surface area contributed by atoms with E-state index >= 15 is 0 Å². The first kappa shape index (κ1) is 20.1. The van der Waals surface area contributed by atoms with Crippen molar-refractivity contribution in [3.05, 3.63) is 89.2 Å². The fraction of sp³-hybridized carbons (Fsp3) is 0.174. The van der Waals surface area contributed by atoms with Crippen LogP contribution in [0.4, 0.5) is 5.69 Å². The highest BCUT2D eigenvalue weighted by molar-refractivity contribution is 6.10. The molecule has 3 rings (SSSR count). The summed E-state index contributed by atoms with van der Waals surface area (Å²) in [6, 6.07) is 16.9. The van der Waals surface area contributed by atoms with Crippen LogP contribution in [0.5, 0.6) is 5.75 Å². The van der Waals surface area contributed by atoms with E-state index in [1.54, 1.807) is 31.6 Å². The van der Waals surface area contributed by atoms with Gasteiger partial charge in [0.1, 0.15) is 5.75 Å². The molecular weight excluding hydrogens is 364 g/mol. The van der Waals surface area contributed by atoms with E-state index in [2.05, 4.69) is 20.6 Å². The van der Waals surface area contributed by atoms with Crippen LogP contribution < -0.4 is 15.4 Å². The van der Waals surface area contributed by atoms with Crippen molar-refractivity contribution in [1.82, 2.24) is 10.3 Å². The molecular formula is C23H24N4O2. The third-order valence-electron chi connectivity index (χ3n) is 4.30. The third-order valence-corrected chi connectivity index (χ3v) is 4.30. The summed E-state index contributed by atoms with van der Waals surface area (Å²) in [5.41, 5.74) is 4.37. The van der Waals surface area contributed by atoms with Crippen LogP contribution in [0.2, 0.25) is 0 Å². The first-order valence-corrected chi connectivity index (χ1v) is 9.28. The maximum absolute atomic E-state index is 12.7. The monoisotopic (exact) mass is 388 g/mol. The van der Waals surface area contributed by atoms with Crippen molar-refractivity contribution >= 4 is 17.6 Å². The molecule has 0 aliphatic heterocycles. The van der Waals surface area contributed by atoms with E-state index in [-0.39, 0.29) is 5.91 Å². The molecule has 0 spiro atoms. The number of hydrogen-bond acceptors (Lipinski definition) is 4. The summed E-state index contributed by atoms with van der Waals surface area (Å²) in [4.78, 5) is 21.4. The van der Waals surface area contributed by atoms with Gasteiger partial charge in [-0.2, -0.15) is 0 Å². The van der Waals surface area contributed by atoms with Crippen LogP contribution in [-0.4, -0.2) is 24.0 Å². The lowest BCUT2D eigenvalue weighted by Crippen LogP contribution is -2.36. The minimum Gasteiger partial charge on any atom is -0.495 e. The van der Waals surface area contributed by atoms with Gasteiger partial charge >= 0.3 is 0 Å². The minimum atomic E-state index is -0.242. The number of carbonyl (C=O) groups excluding carboxylic acids is 1. The molecule has 1 aromatic heterocycles. The Balaban J connectivity index is 1.86. The molecule has 3 aromatic rings. The van der Waals surface area contributed by atoms with E-state index in [4.69, 9.17) is 4.74 Å². The largest absolute Gasteiger partial charge is 0.495 e. The maximum atomic E-state index is 12.7. The van der Waals surface area contributed by atoms with Crippen molar-refractivity contribution in [2.24, 2.45) is 4.99 Å². The number of pyridine rings is 1. The summed E-state index contributed by atoms with van der Waals surface area (Å²) in [6.07, 6.45) is 3.46. The second-order valence-corrected chi connectivity index (χ2v) is 6.67. The Morgan fingerprint density at radius 3 is 2.52 bits per heavy atom. The fourth-order valence-electron chi connectivity index (χ4n) is 2.70. The first-order chi connectivity index (χ1) is 14.0. The van der Waals surface area contributed by atoms with E-state index in [9.17, 15) is 4.79 Å². The molecule has 2 N–H and O–H groups in total. The zero-order valence-corrected chi connectivity index (χ0v) is 16.8. The maximum Gasteiger partial charge on any atom is 0.257 e. The quantitative estimate of drug-likeness (QED) is 0.510. The second kappa shape index (κ2) is 9.50. The first-order valence-electron chi connectivity index (χ1n) is 9.28. The molecule has 148 valence electrons. The SMILES string of the molecule is COc1ccc(C)cc1NC(=NCc1cccnc1)NC(=O)c1ccc(C)cc1. The number of guanidine groups is 1. The zero-order chi connectivity index (χ0) is 20.6. The second-order valence-electron chi connectivity index (χ2n) is 6.67. The van der Waals surface area contributed by atoms with Crippen LogP contribution in [0.1, 0.15) is 27.0 Å². The van der Waals surface area contributed by atoms with Crippen LogP contribution in [0.25, 0.3) is 0 Å². The number of aromatic nitrogens is 1. The van der Waals surface area contributed by atoms with E-state index in [1.807, 2.05) is 56.3 Å². The molecule has 0 aliphatic carbocycles. The lowest BCUT2D eigenvalue weighted by molar-refractivity contribution is 0.0977. The average Bonchev–Trinajstić information content (AvgIpc) is 2.73. The number of aliphatic imine (C=N–C) groups is 1. The van der Waals surface area contributed by atoms with Crippen LogP contribution in [0, 0.1) is 13.8 Å². The van der Waals surface area contributed by atoms with Gasteiger partial charge in [0, 0.05) is 18.0 Å². The van der Waals surface area contributed by atoms with Gasteiger partial charge in [-0.05, 0) is 55.3 Å². The molecule has 29 heavy (non-hydrogen) atoms. The van der Waals surface area contributed by atoms with Gasteiger partial charge in [-0.25, -0.2) is 4.99 Å². The van der Waals surface area contributed by atoms with Crippen molar-refractivity contribution in [1.29, 1.82) is 0 Å². The van der Waals surface area contributed by atoms with Crippen LogP contribution in [0.15, 0.2) is 72.0 Å². The molecule has 1 amide bonds. The molecule has 1 heterocycles. The number of aryl methyl sites for hydroxylation is 2. The highest BCUT2D eigenvalue weighted by atomic mass is 16.5. The summed E-state index contributed by atoms with van der Waals surface area (Å²) in [5, 5.41) is 6.06. The number of ether oxygens (including phenoxy) is 1. The van der Waals surface area contributed by atoms with Gasteiger partial charge in [0.25, 0.3) is 5.91 Å². The van der Waals surface area contributed by atoms with Gasteiger partial charge in [0.05, 0.1) is 19.3 Å². The van der Waals surface area contributed by atoms with Crippen LogP contribution in [0.3, 0.4) is 0 Å². The molecule has 0 atom stereocenters. The van der Waals surface area contributed by atoms with Crippen LogP contribution in [-0.2, 0) is 6.54 Å². The lowest BCUT2D eigenvalue weighted by Gasteiger charge is -2.15. The molecule has 6 heteroatoms. The molecule has 0 aliphatic rings. The molecule has 2 aromatic carbocycles. The van der Waals surface area contributed by atoms with Gasteiger partial charge in [-0.1, -0.05) is 29.8 Å². The number of nitrogens with one attached hydrogen (secondary N) is 2. The van der Waals surface area contributed by atoms with Crippen LogP contribution >= 0.6 is 0 Å². The van der Waals surface area contributed by atoms with Gasteiger partial charge in [-0.15, -0.1) is 0 Å². The van der Waals surface area contributed by atoms with E-state index in [1.165, 1.54) is 0 Å². The van der Waals surface area contributed by atoms with Crippen molar-refractivity contribution in [3.63, 3.8) is 0 Å². The Morgan fingerprint density at radius 2 is 1.83 bits per heavy atom. The van der Waals surface area contributed by atoms with Gasteiger partial charge < -0.3 is 10.1 Å². The smallest absolute Gasteiger partial charge is 0.257 e. The minimum absolute atomic E-state index is 0.242. The highest BCUT2D eigenvalue weighted by Gasteiger charge is 2.12. The molecule has 0 fully saturated rings.